The first-order valence-electron chi connectivity index (χ1n) is 3.69. The molecular formula is C6H6ClN4O6S-. The Bertz CT molecular complexity index is 522. The van der Waals surface area contributed by atoms with E-state index in [0.717, 1.165) is 0 Å². The summed E-state index contributed by atoms with van der Waals surface area (Å²) in [6.07, 6.45) is 0. The van der Waals surface area contributed by atoms with Gasteiger partial charge in [-0.1, -0.05) is 11.6 Å². The Morgan fingerprint density at radius 3 is 2.00 bits per heavy atom. The highest BCUT2D eigenvalue weighted by Gasteiger charge is 2.06. The highest BCUT2D eigenvalue weighted by molar-refractivity contribution is 7.79. The zero-order valence-corrected chi connectivity index (χ0v) is 10.0. The molecule has 1 rings (SSSR count). The highest BCUT2D eigenvalue weighted by atomic mass is 35.5. The van der Waals surface area contributed by atoms with Crippen LogP contribution in [0.1, 0.15) is 0 Å². The van der Waals surface area contributed by atoms with Gasteiger partial charge in [0, 0.05) is 22.5 Å². The number of nitrogen functional groups attached to an aromatic ring is 1. The fourth-order valence-corrected chi connectivity index (χ4v) is 0.804. The molecule has 0 unspecified atom stereocenters. The van der Waals surface area contributed by atoms with Crippen molar-refractivity contribution in [3.8, 4) is 0 Å². The van der Waals surface area contributed by atoms with E-state index < -0.39 is 15.3 Å². The molecule has 0 amide bonds. The van der Waals surface area contributed by atoms with Crippen molar-refractivity contribution in [2.75, 3.05) is 5.73 Å². The maximum absolute atomic E-state index is 10.2. The van der Waals surface area contributed by atoms with E-state index in [9.17, 15) is 10.1 Å². The number of diazo groups is 1. The standard InChI is InChI=1S/C6H5ClN2O2.N2.H2O4S/c7-5-3-4(9(10)11)1-2-6(5)8;1-2;1-5(2,3)4/h1-3H,8H2;;(H2,1,2,3,4)/p-1. The van der Waals surface area contributed by atoms with Crippen LogP contribution in [0.25, 0.3) is 0 Å². The molecule has 0 heterocycles. The van der Waals surface area contributed by atoms with Gasteiger partial charge in [0.1, 0.15) is 0 Å². The van der Waals surface area contributed by atoms with Crippen LogP contribution in [0.3, 0.4) is 0 Å². The number of nitro groups is 1. The number of hydrogen-bond donors (Lipinski definition) is 2. The Kier molecular flexibility index (Phi) is 8.31. The second-order valence-electron chi connectivity index (χ2n) is 2.37. The predicted molar refractivity (Wildman–Crippen MR) is 55.7 cm³/mol. The molecule has 0 saturated heterocycles. The molecular weight excluding hydrogens is 292 g/mol. The van der Waals surface area contributed by atoms with Crippen molar-refractivity contribution in [2.24, 2.45) is 0 Å². The lowest BCUT2D eigenvalue weighted by molar-refractivity contribution is -0.384. The molecule has 12 heteroatoms. The molecule has 0 bridgehead atoms. The Morgan fingerprint density at radius 1 is 1.33 bits per heavy atom. The molecule has 0 aromatic heterocycles. The maximum atomic E-state index is 10.2. The number of rotatable bonds is 1. The van der Waals surface area contributed by atoms with Crippen LogP contribution in [0.5, 0.6) is 0 Å². The van der Waals surface area contributed by atoms with Crippen LogP contribution >= 0.6 is 11.6 Å². The second-order valence-corrected chi connectivity index (χ2v) is 3.59. The minimum Gasteiger partial charge on any atom is -0.759 e. The van der Waals surface area contributed by atoms with Gasteiger partial charge < -0.3 is 14.8 Å². The molecule has 3 N–H and O–H groups in total. The smallest absolute Gasteiger partial charge is 0.271 e. The second kappa shape index (κ2) is 8.14. The topological polar surface area (TPSA) is 197 Å². The first-order chi connectivity index (χ1) is 8.11. The molecule has 100 valence electrons. The summed E-state index contributed by atoms with van der Waals surface area (Å²) in [5, 5.41) is 21.4. The lowest BCUT2D eigenvalue weighted by Crippen LogP contribution is -2.11. The molecule has 10 nitrogen and oxygen atoms in total. The summed E-state index contributed by atoms with van der Waals surface area (Å²) in [6.45, 7) is 0. The average Bonchev–Trinajstić information content (AvgIpc) is 2.22. The number of nitrogens with two attached hydrogens (primary N) is 1. The summed E-state index contributed by atoms with van der Waals surface area (Å²) < 4.78 is 34.1. The van der Waals surface area contributed by atoms with Crippen molar-refractivity contribution in [1.82, 2.24) is 0 Å². The fraction of sp³-hybridized carbons (Fsp3) is 0. The van der Waals surface area contributed by atoms with Gasteiger partial charge in [0.2, 0.25) is 5.39 Å². The van der Waals surface area contributed by atoms with E-state index in [4.69, 9.17) is 45.6 Å². The number of hydrogen-bond acceptors (Lipinski definition) is 8. The van der Waals surface area contributed by atoms with Crippen molar-refractivity contribution in [3.05, 3.63) is 33.3 Å². The molecule has 1 aromatic rings. The van der Waals surface area contributed by atoms with Crippen LogP contribution in [0, 0.1) is 15.5 Å². The number of nitro benzene ring substituents is 1. The van der Waals surface area contributed by atoms with Gasteiger partial charge in [-0.2, -0.15) is 0 Å². The minimum atomic E-state index is -5.17. The Hall–Kier alpha value is -2.00. The zero-order valence-electron chi connectivity index (χ0n) is 8.44. The van der Waals surface area contributed by atoms with Crippen LogP contribution in [-0.2, 0) is 10.4 Å². The molecule has 0 aliphatic carbocycles. The van der Waals surface area contributed by atoms with Crippen LogP contribution < -0.4 is 11.1 Å². The third-order valence-corrected chi connectivity index (χ3v) is 1.52. The molecule has 0 atom stereocenters. The van der Waals surface area contributed by atoms with Crippen molar-refractivity contribution >= 4 is 33.4 Å². The SMILES string of the molecule is N#[NH+].Nc1ccc([N+](=O)[O-])cc1Cl.O=S(=O)([O-])[O-]. The highest BCUT2D eigenvalue weighted by Crippen LogP contribution is 2.23. The van der Waals surface area contributed by atoms with E-state index in [-0.39, 0.29) is 10.7 Å². The van der Waals surface area contributed by atoms with E-state index >= 15 is 0 Å². The summed E-state index contributed by atoms with van der Waals surface area (Å²) in [6, 6.07) is 3.93. The van der Waals surface area contributed by atoms with Crippen LogP contribution in [0.15, 0.2) is 18.2 Å². The molecule has 0 aliphatic rings. The molecule has 18 heavy (non-hydrogen) atoms. The van der Waals surface area contributed by atoms with Crippen molar-refractivity contribution in [2.45, 2.75) is 0 Å². The number of nitrogens with one attached hydrogen (secondary N) is 1. The number of benzene rings is 1. The summed E-state index contributed by atoms with van der Waals surface area (Å²) >= 11 is 5.53. The lowest BCUT2D eigenvalue weighted by Gasteiger charge is -2.06. The van der Waals surface area contributed by atoms with Gasteiger partial charge in [-0.25, -0.2) is 0 Å². The molecule has 0 spiro atoms. The number of anilines is 1. The third-order valence-electron chi connectivity index (χ3n) is 1.19. The summed E-state index contributed by atoms with van der Waals surface area (Å²) in [4.78, 5) is 9.65. The number of nitrogens with zero attached hydrogens (tertiary/aromatic N) is 2. The first-order valence-corrected chi connectivity index (χ1v) is 5.41. The number of non-ortho nitro benzene ring substituents is 1. The van der Waals surface area contributed by atoms with Crippen LogP contribution in [0.2, 0.25) is 5.02 Å². The monoisotopic (exact) mass is 297 g/mol. The van der Waals surface area contributed by atoms with Crippen LogP contribution in [-0.4, -0.2) is 22.4 Å². The number of halogens is 1. The van der Waals surface area contributed by atoms with E-state index in [1.165, 1.54) is 18.2 Å². The molecule has 1 aromatic carbocycles. The van der Waals surface area contributed by atoms with Gasteiger partial charge in [-0.3, -0.25) is 18.5 Å². The summed E-state index contributed by atoms with van der Waals surface area (Å²) in [5.41, 5.74) is 5.63. The lowest BCUT2D eigenvalue weighted by atomic mass is 10.3. The Morgan fingerprint density at radius 2 is 1.72 bits per heavy atom. The predicted octanol–water partition coefficient (Wildman–Crippen LogP) is -1.23. The molecule has 0 saturated carbocycles. The van der Waals surface area contributed by atoms with Crippen molar-refractivity contribution in [1.29, 1.82) is 5.39 Å². The van der Waals surface area contributed by atoms with Gasteiger partial charge in [0.05, 0.1) is 21.0 Å². The Balaban J connectivity index is 0. The molecule has 0 fully saturated rings. The summed E-state index contributed by atoms with van der Waals surface area (Å²) in [7, 11) is -5.17. The van der Waals surface area contributed by atoms with E-state index in [1.807, 2.05) is 0 Å². The van der Waals surface area contributed by atoms with Gasteiger partial charge in [0.25, 0.3) is 5.69 Å². The first kappa shape index (κ1) is 18.4. The molecule has 0 aliphatic heterocycles. The quantitative estimate of drug-likeness (QED) is 0.160. The van der Waals surface area contributed by atoms with E-state index in [2.05, 4.69) is 0 Å². The van der Waals surface area contributed by atoms with E-state index in [0.29, 0.717) is 5.69 Å². The van der Waals surface area contributed by atoms with Gasteiger partial charge >= 0.3 is 0 Å². The van der Waals surface area contributed by atoms with Gasteiger partial charge in [0.15, 0.2) is 0 Å². The fourth-order valence-electron chi connectivity index (χ4n) is 0.630. The van der Waals surface area contributed by atoms with Crippen molar-refractivity contribution < 1.29 is 27.8 Å². The zero-order chi connectivity index (χ0) is 14.9. The maximum Gasteiger partial charge on any atom is 0.271 e. The average molecular weight is 298 g/mol. The van der Waals surface area contributed by atoms with E-state index in [1.54, 1.807) is 0 Å². The van der Waals surface area contributed by atoms with Gasteiger partial charge in [-0.05, 0) is 6.07 Å². The third kappa shape index (κ3) is 10.5. The largest absolute Gasteiger partial charge is 0.759 e. The van der Waals surface area contributed by atoms with Crippen molar-refractivity contribution in [3.63, 3.8) is 0 Å². The van der Waals surface area contributed by atoms with Crippen LogP contribution in [0.4, 0.5) is 11.4 Å². The normalized spacial score (nSPS) is 9.17. The summed E-state index contributed by atoms with van der Waals surface area (Å²) in [5.74, 6) is 0. The Labute approximate surface area is 106 Å². The minimum absolute atomic E-state index is 0.0517. The molecule has 0 radical (unpaired) electrons. The van der Waals surface area contributed by atoms with Gasteiger partial charge in [-0.15, -0.1) is 0 Å².